The van der Waals surface area contributed by atoms with Gasteiger partial charge in [0.25, 0.3) is 0 Å². The van der Waals surface area contributed by atoms with Gasteiger partial charge in [0.15, 0.2) is 11.6 Å². The van der Waals surface area contributed by atoms with Crippen LogP contribution in [0.2, 0.25) is 5.02 Å². The van der Waals surface area contributed by atoms with E-state index in [0.29, 0.717) is 10.6 Å². The van der Waals surface area contributed by atoms with Crippen LogP contribution in [0.25, 0.3) is 0 Å². The highest BCUT2D eigenvalue weighted by Gasteiger charge is 2.11. The summed E-state index contributed by atoms with van der Waals surface area (Å²) in [6.45, 7) is -0.415. The van der Waals surface area contributed by atoms with Gasteiger partial charge in [-0.3, -0.25) is 0 Å². The van der Waals surface area contributed by atoms with E-state index in [4.69, 9.17) is 21.4 Å². The van der Waals surface area contributed by atoms with Gasteiger partial charge in [-0.15, -0.1) is 0 Å². The second-order valence-corrected chi connectivity index (χ2v) is 4.30. The number of halogens is 3. The van der Waals surface area contributed by atoms with Crippen molar-refractivity contribution in [2.24, 2.45) is 0 Å². The molecule has 0 aromatic heterocycles. The van der Waals surface area contributed by atoms with Crippen molar-refractivity contribution in [1.29, 1.82) is 0 Å². The molecule has 2 aromatic rings. The molecule has 0 aliphatic heterocycles. The molecule has 0 spiro atoms. The Morgan fingerprint density at radius 3 is 2.47 bits per heavy atom. The molecule has 0 heterocycles. The van der Waals surface area contributed by atoms with E-state index in [1.54, 1.807) is 18.2 Å². The zero-order valence-electron chi connectivity index (χ0n) is 9.87. The molecule has 0 fully saturated rings. The highest BCUT2D eigenvalue weighted by Crippen LogP contribution is 2.29. The Balaban J connectivity index is 2.21. The van der Waals surface area contributed by atoms with Crippen molar-refractivity contribution < 1.29 is 18.6 Å². The molecule has 0 saturated heterocycles. The van der Waals surface area contributed by atoms with Gasteiger partial charge in [0.05, 0.1) is 11.6 Å². The van der Waals surface area contributed by atoms with Crippen LogP contribution in [0.1, 0.15) is 11.1 Å². The summed E-state index contributed by atoms with van der Waals surface area (Å²) in [6.07, 6.45) is 0. The van der Waals surface area contributed by atoms with Crippen LogP contribution in [-0.2, 0) is 13.2 Å². The lowest BCUT2D eigenvalue weighted by Crippen LogP contribution is -2.02. The molecule has 100 valence electrons. The second-order valence-electron chi connectivity index (χ2n) is 3.89. The molecule has 2 aromatic carbocycles. The summed E-state index contributed by atoms with van der Waals surface area (Å²) in [6, 6.07) is 8.77. The van der Waals surface area contributed by atoms with Crippen LogP contribution < -0.4 is 4.74 Å². The van der Waals surface area contributed by atoms with Gasteiger partial charge in [0.2, 0.25) is 0 Å². The third-order valence-electron chi connectivity index (χ3n) is 2.62. The Bertz CT molecular complexity index is 588. The number of ether oxygens (including phenoxy) is 1. The minimum atomic E-state index is -0.944. The highest BCUT2D eigenvalue weighted by atomic mass is 35.5. The first-order valence-corrected chi connectivity index (χ1v) is 5.95. The van der Waals surface area contributed by atoms with Gasteiger partial charge in [0, 0.05) is 11.1 Å². The number of aliphatic hydroxyl groups is 1. The van der Waals surface area contributed by atoms with Crippen LogP contribution >= 0.6 is 11.6 Å². The fourth-order valence-electron chi connectivity index (χ4n) is 1.65. The first-order valence-electron chi connectivity index (χ1n) is 5.57. The van der Waals surface area contributed by atoms with E-state index in [2.05, 4.69) is 0 Å². The number of benzene rings is 2. The molecule has 1 N–H and O–H groups in total. The van der Waals surface area contributed by atoms with Crippen LogP contribution in [0.5, 0.6) is 5.75 Å². The second kappa shape index (κ2) is 5.99. The minimum absolute atomic E-state index is 0.0869. The molecule has 0 aliphatic rings. The Hall–Kier alpha value is -1.65. The van der Waals surface area contributed by atoms with E-state index in [-0.39, 0.29) is 24.5 Å². The predicted molar refractivity (Wildman–Crippen MR) is 68.1 cm³/mol. The first kappa shape index (κ1) is 13.8. The number of hydrogen-bond donors (Lipinski definition) is 1. The fourth-order valence-corrected chi connectivity index (χ4v) is 1.90. The summed E-state index contributed by atoms with van der Waals surface area (Å²) in [4.78, 5) is 0. The normalized spacial score (nSPS) is 10.5. The molecule has 0 radical (unpaired) electrons. The largest absolute Gasteiger partial charge is 0.487 e. The monoisotopic (exact) mass is 284 g/mol. The van der Waals surface area contributed by atoms with Crippen LogP contribution in [0.15, 0.2) is 36.4 Å². The van der Waals surface area contributed by atoms with Crippen LogP contribution in [0.3, 0.4) is 0 Å². The van der Waals surface area contributed by atoms with Crippen molar-refractivity contribution in [2.75, 3.05) is 0 Å². The average Bonchev–Trinajstić information content (AvgIpc) is 2.41. The molecular weight excluding hydrogens is 274 g/mol. The molecule has 19 heavy (non-hydrogen) atoms. The Kier molecular flexibility index (Phi) is 4.35. The van der Waals surface area contributed by atoms with Gasteiger partial charge in [-0.05, 0) is 12.1 Å². The summed E-state index contributed by atoms with van der Waals surface area (Å²) < 4.78 is 31.9. The number of para-hydroxylation sites is 1. The number of aliphatic hydroxyl groups excluding tert-OH is 1. The maximum atomic E-state index is 13.5. The summed E-state index contributed by atoms with van der Waals surface area (Å²) in [5.74, 6) is -1.60. The zero-order valence-corrected chi connectivity index (χ0v) is 10.6. The summed E-state index contributed by atoms with van der Waals surface area (Å²) >= 11 is 5.94. The maximum Gasteiger partial charge on any atom is 0.165 e. The molecule has 0 amide bonds. The van der Waals surface area contributed by atoms with E-state index >= 15 is 0 Å². The van der Waals surface area contributed by atoms with Crippen molar-refractivity contribution in [1.82, 2.24) is 0 Å². The van der Waals surface area contributed by atoms with E-state index in [1.807, 2.05) is 0 Å². The molecule has 5 heteroatoms. The van der Waals surface area contributed by atoms with Crippen LogP contribution in [0.4, 0.5) is 8.78 Å². The zero-order chi connectivity index (χ0) is 13.8. The molecule has 0 unspecified atom stereocenters. The first-order chi connectivity index (χ1) is 9.13. The molecule has 0 atom stereocenters. The van der Waals surface area contributed by atoms with Crippen molar-refractivity contribution in [3.05, 3.63) is 64.2 Å². The summed E-state index contributed by atoms with van der Waals surface area (Å²) in [7, 11) is 0. The highest BCUT2D eigenvalue weighted by molar-refractivity contribution is 6.32. The SMILES string of the molecule is OCc1cccc(Cl)c1OCc1cccc(F)c1F. The molecular formula is C14H11ClF2O2. The van der Waals surface area contributed by atoms with Crippen molar-refractivity contribution in [3.63, 3.8) is 0 Å². The van der Waals surface area contributed by atoms with Crippen LogP contribution in [0, 0.1) is 11.6 Å². The number of hydrogen-bond acceptors (Lipinski definition) is 2. The summed E-state index contributed by atoms with van der Waals surface area (Å²) in [5, 5.41) is 9.47. The molecule has 2 nitrogen and oxygen atoms in total. The Labute approximate surface area is 114 Å². The van der Waals surface area contributed by atoms with Crippen LogP contribution in [-0.4, -0.2) is 5.11 Å². The van der Waals surface area contributed by atoms with E-state index in [9.17, 15) is 8.78 Å². The number of rotatable bonds is 4. The lowest BCUT2D eigenvalue weighted by molar-refractivity contribution is 0.256. The lowest BCUT2D eigenvalue weighted by Gasteiger charge is -2.12. The van der Waals surface area contributed by atoms with Crippen molar-refractivity contribution in [2.45, 2.75) is 13.2 Å². The third kappa shape index (κ3) is 3.03. The van der Waals surface area contributed by atoms with Crippen molar-refractivity contribution in [3.8, 4) is 5.75 Å². The van der Waals surface area contributed by atoms with Gasteiger partial charge in [0.1, 0.15) is 12.4 Å². The van der Waals surface area contributed by atoms with Gasteiger partial charge in [-0.25, -0.2) is 8.78 Å². The maximum absolute atomic E-state index is 13.5. The molecule has 2 rings (SSSR count). The van der Waals surface area contributed by atoms with Gasteiger partial charge >= 0.3 is 0 Å². The molecule has 0 bridgehead atoms. The van der Waals surface area contributed by atoms with Gasteiger partial charge < -0.3 is 9.84 Å². The minimum Gasteiger partial charge on any atom is -0.487 e. The average molecular weight is 285 g/mol. The summed E-state index contributed by atoms with van der Waals surface area (Å²) in [5.41, 5.74) is 0.577. The van der Waals surface area contributed by atoms with E-state index in [0.717, 1.165) is 6.07 Å². The van der Waals surface area contributed by atoms with E-state index in [1.165, 1.54) is 12.1 Å². The van der Waals surface area contributed by atoms with Crippen molar-refractivity contribution >= 4 is 11.6 Å². The third-order valence-corrected chi connectivity index (χ3v) is 2.92. The molecule has 0 aliphatic carbocycles. The predicted octanol–water partition coefficient (Wildman–Crippen LogP) is 3.69. The quantitative estimate of drug-likeness (QED) is 0.928. The Morgan fingerprint density at radius 2 is 1.74 bits per heavy atom. The Morgan fingerprint density at radius 1 is 1.05 bits per heavy atom. The standard InChI is InChI=1S/C14H11ClF2O2/c15-11-5-1-3-9(7-18)14(11)19-8-10-4-2-6-12(16)13(10)17/h1-6,18H,7-8H2. The lowest BCUT2D eigenvalue weighted by atomic mass is 10.2. The molecule has 0 saturated carbocycles. The van der Waals surface area contributed by atoms with E-state index < -0.39 is 11.6 Å². The smallest absolute Gasteiger partial charge is 0.165 e. The topological polar surface area (TPSA) is 29.5 Å². The van der Waals surface area contributed by atoms with Gasteiger partial charge in [-0.2, -0.15) is 0 Å². The fraction of sp³-hybridized carbons (Fsp3) is 0.143. The van der Waals surface area contributed by atoms with Gasteiger partial charge in [-0.1, -0.05) is 35.9 Å².